The molecule has 0 unspecified atom stereocenters. The van der Waals surface area contributed by atoms with Crippen molar-refractivity contribution in [2.45, 2.75) is 26.7 Å². The van der Waals surface area contributed by atoms with Gasteiger partial charge in [0, 0.05) is 5.39 Å². The predicted molar refractivity (Wildman–Crippen MR) is 91.0 cm³/mol. The molecule has 23 heavy (non-hydrogen) atoms. The molecule has 1 aliphatic heterocycles. The molecule has 0 aromatic heterocycles. The molecule has 1 fully saturated rings. The Hall–Kier alpha value is -2.42. The van der Waals surface area contributed by atoms with Gasteiger partial charge in [0.05, 0.1) is 17.5 Å². The van der Waals surface area contributed by atoms with Crippen LogP contribution in [0.3, 0.4) is 0 Å². The molecule has 0 radical (unpaired) electrons. The Balaban J connectivity index is 1.82. The van der Waals surface area contributed by atoms with Crippen molar-refractivity contribution < 1.29 is 9.59 Å². The average molecular weight is 305 g/mol. The molecular weight excluding hydrogens is 286 g/mol. The van der Waals surface area contributed by atoms with Crippen molar-refractivity contribution >= 4 is 28.3 Å². The van der Waals surface area contributed by atoms with Gasteiger partial charge in [0.15, 0.2) is 0 Å². The van der Waals surface area contributed by atoms with E-state index in [1.54, 1.807) is 0 Å². The fourth-order valence-electron chi connectivity index (χ4n) is 3.89. The molecule has 0 spiro atoms. The minimum Gasteiger partial charge on any atom is -0.274 e. The van der Waals surface area contributed by atoms with Gasteiger partial charge in [-0.3, -0.25) is 9.59 Å². The summed E-state index contributed by atoms with van der Waals surface area (Å²) in [5, 5.41) is 2.00. The van der Waals surface area contributed by atoms with E-state index in [0.29, 0.717) is 12.8 Å². The van der Waals surface area contributed by atoms with Crippen LogP contribution in [0, 0.1) is 11.8 Å². The zero-order valence-corrected chi connectivity index (χ0v) is 13.4. The van der Waals surface area contributed by atoms with Gasteiger partial charge in [-0.15, -0.1) is 0 Å². The highest BCUT2D eigenvalue weighted by atomic mass is 16.2. The molecule has 1 saturated heterocycles. The number of hydrogen-bond donors (Lipinski definition) is 0. The van der Waals surface area contributed by atoms with E-state index in [9.17, 15) is 9.59 Å². The van der Waals surface area contributed by atoms with E-state index >= 15 is 0 Å². The van der Waals surface area contributed by atoms with Gasteiger partial charge in [-0.2, -0.15) is 0 Å². The Kier molecular flexibility index (Phi) is 3.12. The zero-order chi connectivity index (χ0) is 16.1. The van der Waals surface area contributed by atoms with E-state index in [1.807, 2.05) is 42.5 Å². The lowest BCUT2D eigenvalue weighted by Crippen LogP contribution is -2.31. The molecule has 4 rings (SSSR count). The Morgan fingerprint density at radius 3 is 2.04 bits per heavy atom. The summed E-state index contributed by atoms with van der Waals surface area (Å²) in [5.74, 6) is -0.457. The van der Waals surface area contributed by atoms with E-state index in [1.165, 1.54) is 16.0 Å². The summed E-state index contributed by atoms with van der Waals surface area (Å²) in [6.45, 7) is 4.15. The second-order valence-corrected chi connectivity index (χ2v) is 6.69. The number of hydrogen-bond acceptors (Lipinski definition) is 2. The van der Waals surface area contributed by atoms with Crippen molar-refractivity contribution in [2.24, 2.45) is 11.8 Å². The number of nitrogens with zero attached hydrogens (tertiary/aromatic N) is 1. The van der Waals surface area contributed by atoms with Gasteiger partial charge in [-0.25, -0.2) is 4.90 Å². The molecule has 2 aromatic carbocycles. The molecule has 0 saturated carbocycles. The first-order chi connectivity index (χ1) is 11.1. The number of anilines is 1. The molecule has 3 nitrogen and oxygen atoms in total. The van der Waals surface area contributed by atoms with Crippen molar-refractivity contribution in [2.75, 3.05) is 4.90 Å². The van der Waals surface area contributed by atoms with Gasteiger partial charge in [0.1, 0.15) is 0 Å². The fourth-order valence-corrected chi connectivity index (χ4v) is 3.89. The summed E-state index contributed by atoms with van der Waals surface area (Å²) < 4.78 is 0. The van der Waals surface area contributed by atoms with E-state index in [-0.39, 0.29) is 23.7 Å². The first kappa shape index (κ1) is 14.2. The highest BCUT2D eigenvalue weighted by molar-refractivity contribution is 6.25. The van der Waals surface area contributed by atoms with E-state index in [2.05, 4.69) is 13.8 Å². The summed E-state index contributed by atoms with van der Waals surface area (Å²) in [4.78, 5) is 27.3. The molecule has 116 valence electrons. The molecule has 1 heterocycles. The van der Waals surface area contributed by atoms with E-state index in [4.69, 9.17) is 0 Å². The van der Waals surface area contributed by atoms with Crippen LogP contribution in [0.1, 0.15) is 26.7 Å². The molecule has 2 aliphatic rings. The van der Waals surface area contributed by atoms with Gasteiger partial charge in [0.25, 0.3) is 0 Å². The first-order valence-corrected chi connectivity index (χ1v) is 8.08. The molecular formula is C20H19NO2. The molecule has 0 bridgehead atoms. The van der Waals surface area contributed by atoms with Crippen LogP contribution < -0.4 is 4.90 Å². The quantitative estimate of drug-likeness (QED) is 0.588. The predicted octanol–water partition coefficient (Wildman–Crippen LogP) is 4.08. The number of fused-ring (bicyclic) bond motifs is 2. The molecule has 2 aromatic rings. The average Bonchev–Trinajstić information content (AvgIpc) is 2.79. The zero-order valence-electron chi connectivity index (χ0n) is 13.4. The van der Waals surface area contributed by atoms with Crippen LogP contribution in [0.2, 0.25) is 0 Å². The maximum Gasteiger partial charge on any atom is 0.238 e. The van der Waals surface area contributed by atoms with Crippen molar-refractivity contribution in [1.29, 1.82) is 0 Å². The number of rotatable bonds is 1. The van der Waals surface area contributed by atoms with Crippen LogP contribution in [0.15, 0.2) is 53.6 Å². The van der Waals surface area contributed by atoms with Crippen molar-refractivity contribution in [3.8, 4) is 0 Å². The maximum absolute atomic E-state index is 12.9. The third-order valence-corrected chi connectivity index (χ3v) is 5.35. The Bertz CT molecular complexity index is 828. The lowest BCUT2D eigenvalue weighted by atomic mass is 9.78. The normalized spacial score (nSPS) is 24.5. The summed E-state index contributed by atoms with van der Waals surface area (Å²) in [5.41, 5.74) is 3.24. The highest BCUT2D eigenvalue weighted by Crippen LogP contribution is 2.43. The van der Waals surface area contributed by atoms with Crippen molar-refractivity contribution in [3.05, 3.63) is 53.6 Å². The third-order valence-electron chi connectivity index (χ3n) is 5.35. The van der Waals surface area contributed by atoms with Crippen LogP contribution >= 0.6 is 0 Å². The van der Waals surface area contributed by atoms with Crippen LogP contribution in [0.5, 0.6) is 0 Å². The van der Waals surface area contributed by atoms with Gasteiger partial charge in [0.2, 0.25) is 11.8 Å². The van der Waals surface area contributed by atoms with Crippen molar-refractivity contribution in [1.82, 2.24) is 0 Å². The summed E-state index contributed by atoms with van der Waals surface area (Å²) in [7, 11) is 0. The summed E-state index contributed by atoms with van der Waals surface area (Å²) in [6, 6.07) is 13.7. The Morgan fingerprint density at radius 2 is 1.39 bits per heavy atom. The van der Waals surface area contributed by atoms with Gasteiger partial charge < -0.3 is 0 Å². The maximum atomic E-state index is 12.9. The summed E-state index contributed by atoms with van der Waals surface area (Å²) in [6.07, 6.45) is 1.42. The lowest BCUT2D eigenvalue weighted by molar-refractivity contribution is -0.122. The number of carbonyl (C=O) groups is 2. The largest absolute Gasteiger partial charge is 0.274 e. The van der Waals surface area contributed by atoms with Crippen LogP contribution in [-0.4, -0.2) is 11.8 Å². The number of amides is 2. The van der Waals surface area contributed by atoms with Crippen molar-refractivity contribution in [3.63, 3.8) is 0 Å². The molecule has 2 atom stereocenters. The van der Waals surface area contributed by atoms with Gasteiger partial charge >= 0.3 is 0 Å². The molecule has 2 amide bonds. The van der Waals surface area contributed by atoms with E-state index in [0.717, 1.165) is 16.5 Å². The fraction of sp³-hybridized carbons (Fsp3) is 0.300. The van der Waals surface area contributed by atoms with E-state index < -0.39 is 0 Å². The van der Waals surface area contributed by atoms with Crippen LogP contribution in [-0.2, 0) is 9.59 Å². The van der Waals surface area contributed by atoms with Gasteiger partial charge in [-0.1, -0.05) is 47.5 Å². The second-order valence-electron chi connectivity index (χ2n) is 6.69. The molecule has 3 heteroatoms. The monoisotopic (exact) mass is 305 g/mol. The van der Waals surface area contributed by atoms with Crippen LogP contribution in [0.4, 0.5) is 5.69 Å². The smallest absolute Gasteiger partial charge is 0.238 e. The standard InChI is InChI=1S/C20H19NO2/c1-12-10-16-17(11-13(12)2)20(23)21(19(16)22)18-9-5-7-14-6-3-4-8-15(14)18/h3-9,16-17H,10-11H2,1-2H3/t16-,17-/m0/s1. The minimum atomic E-state index is -0.190. The number of allylic oxidation sites excluding steroid dienone is 2. The SMILES string of the molecule is CC1=C(C)C[C@@H]2C(=O)N(c3cccc4ccccc34)C(=O)[C@H]2C1. The number of carbonyl (C=O) groups excluding carboxylic acids is 2. The topological polar surface area (TPSA) is 37.4 Å². The Labute approximate surface area is 135 Å². The Morgan fingerprint density at radius 1 is 0.826 bits per heavy atom. The van der Waals surface area contributed by atoms with Gasteiger partial charge in [-0.05, 0) is 38.1 Å². The third kappa shape index (κ3) is 2.03. The second kappa shape index (κ2) is 5.05. The highest BCUT2D eigenvalue weighted by Gasteiger charge is 2.49. The first-order valence-electron chi connectivity index (χ1n) is 8.08. The lowest BCUT2D eigenvalue weighted by Gasteiger charge is -2.23. The molecule has 1 aliphatic carbocycles. The number of benzene rings is 2. The minimum absolute atomic E-state index is 0.0387. The summed E-state index contributed by atoms with van der Waals surface area (Å²) >= 11 is 0. The van der Waals surface area contributed by atoms with Crippen LogP contribution in [0.25, 0.3) is 10.8 Å². The molecule has 0 N–H and O–H groups in total. The number of imide groups is 1.